The Morgan fingerprint density at radius 1 is 0.824 bits per heavy atom. The molecule has 102 valence electrons. The van der Waals surface area contributed by atoms with Gasteiger partial charge >= 0.3 is 8.80 Å². The number of allylic oxidation sites excluding steroid dienone is 1. The SMILES string of the molecule is CCO[Si](/C=C/C[Si](C)(C)C)(OCC)OCC. The molecule has 17 heavy (non-hydrogen) atoms. The second kappa shape index (κ2) is 8.21. The third-order valence-corrected chi connectivity index (χ3v) is 6.27. The monoisotopic (exact) mass is 276 g/mol. The van der Waals surface area contributed by atoms with Gasteiger partial charge in [0, 0.05) is 27.9 Å². The van der Waals surface area contributed by atoms with Gasteiger partial charge in [-0.3, -0.25) is 0 Å². The van der Waals surface area contributed by atoms with E-state index >= 15 is 0 Å². The van der Waals surface area contributed by atoms with Gasteiger partial charge in [0.2, 0.25) is 0 Å². The minimum Gasteiger partial charge on any atom is -0.371 e. The molecular weight excluding hydrogens is 248 g/mol. The molecule has 3 nitrogen and oxygen atoms in total. The predicted molar refractivity (Wildman–Crippen MR) is 77.9 cm³/mol. The molecule has 0 rings (SSSR count). The molecule has 0 radical (unpaired) electrons. The van der Waals surface area contributed by atoms with E-state index in [-0.39, 0.29) is 0 Å². The Balaban J connectivity index is 4.63. The first-order chi connectivity index (χ1) is 7.89. The Hall–Kier alpha value is 0.0538. The standard InChI is InChI=1S/C12H28O3Si2/c1-7-13-17(14-8-2,15-9-3)12-10-11-16(4,5)6/h10,12H,7-9,11H2,1-6H3/b12-10+. The molecule has 0 aliphatic rings. The molecule has 0 bridgehead atoms. The van der Waals surface area contributed by atoms with E-state index in [1.165, 1.54) is 0 Å². The highest BCUT2D eigenvalue weighted by Crippen LogP contribution is 2.15. The van der Waals surface area contributed by atoms with Crippen LogP contribution in [-0.4, -0.2) is 36.7 Å². The van der Waals surface area contributed by atoms with Crippen molar-refractivity contribution in [2.45, 2.75) is 46.5 Å². The Morgan fingerprint density at radius 3 is 1.53 bits per heavy atom. The topological polar surface area (TPSA) is 27.7 Å². The maximum absolute atomic E-state index is 5.75. The maximum atomic E-state index is 5.75. The highest BCUT2D eigenvalue weighted by molar-refractivity contribution is 6.76. The first-order valence-electron chi connectivity index (χ1n) is 6.48. The summed E-state index contributed by atoms with van der Waals surface area (Å²) in [5.74, 6) is 0. The summed E-state index contributed by atoms with van der Waals surface area (Å²) in [5.41, 5.74) is 2.06. The largest absolute Gasteiger partial charge is 0.529 e. The van der Waals surface area contributed by atoms with Crippen LogP contribution < -0.4 is 0 Å². The molecule has 0 heterocycles. The van der Waals surface area contributed by atoms with Crippen molar-refractivity contribution in [1.29, 1.82) is 0 Å². The van der Waals surface area contributed by atoms with E-state index in [9.17, 15) is 0 Å². The van der Waals surface area contributed by atoms with Gasteiger partial charge in [-0.15, -0.1) is 0 Å². The lowest BCUT2D eigenvalue weighted by atomic mass is 10.8. The first kappa shape index (κ1) is 17.1. The van der Waals surface area contributed by atoms with E-state index in [1.807, 2.05) is 20.8 Å². The average Bonchev–Trinajstić information content (AvgIpc) is 2.16. The van der Waals surface area contributed by atoms with E-state index < -0.39 is 16.9 Å². The van der Waals surface area contributed by atoms with E-state index in [0.717, 1.165) is 6.04 Å². The van der Waals surface area contributed by atoms with Crippen molar-refractivity contribution in [2.24, 2.45) is 0 Å². The lowest BCUT2D eigenvalue weighted by Crippen LogP contribution is -2.44. The Kier molecular flexibility index (Phi) is 8.23. The fourth-order valence-electron chi connectivity index (χ4n) is 1.43. The van der Waals surface area contributed by atoms with Crippen LogP contribution in [0.5, 0.6) is 0 Å². The normalized spacial score (nSPS) is 13.5. The van der Waals surface area contributed by atoms with Gasteiger partial charge in [-0.2, -0.15) is 0 Å². The molecule has 0 aromatic carbocycles. The Labute approximate surface area is 109 Å². The highest BCUT2D eigenvalue weighted by Gasteiger charge is 2.37. The lowest BCUT2D eigenvalue weighted by Gasteiger charge is -2.25. The van der Waals surface area contributed by atoms with Gasteiger partial charge in [-0.1, -0.05) is 25.7 Å². The van der Waals surface area contributed by atoms with Crippen molar-refractivity contribution in [3.05, 3.63) is 11.8 Å². The molecule has 0 unspecified atom stereocenters. The molecule has 0 N–H and O–H groups in total. The van der Waals surface area contributed by atoms with Crippen LogP contribution in [0.2, 0.25) is 25.7 Å². The van der Waals surface area contributed by atoms with Crippen molar-refractivity contribution >= 4 is 16.9 Å². The summed E-state index contributed by atoms with van der Waals surface area (Å²) in [6.45, 7) is 14.9. The molecule has 0 amide bonds. The van der Waals surface area contributed by atoms with Crippen LogP contribution >= 0.6 is 0 Å². The van der Waals surface area contributed by atoms with Crippen molar-refractivity contribution in [1.82, 2.24) is 0 Å². The quantitative estimate of drug-likeness (QED) is 0.604. The zero-order chi connectivity index (χ0) is 13.4. The van der Waals surface area contributed by atoms with E-state index in [2.05, 4.69) is 31.4 Å². The van der Waals surface area contributed by atoms with Gasteiger partial charge in [0.15, 0.2) is 0 Å². The highest BCUT2D eigenvalue weighted by atomic mass is 28.4. The lowest BCUT2D eigenvalue weighted by molar-refractivity contribution is 0.0842. The summed E-state index contributed by atoms with van der Waals surface area (Å²) in [6.07, 6.45) is 2.19. The molecule has 0 aromatic rings. The fourth-order valence-corrected chi connectivity index (χ4v) is 4.64. The van der Waals surface area contributed by atoms with Gasteiger partial charge < -0.3 is 13.3 Å². The summed E-state index contributed by atoms with van der Waals surface area (Å²) in [5, 5.41) is 0. The first-order valence-corrected chi connectivity index (χ1v) is 12.0. The summed E-state index contributed by atoms with van der Waals surface area (Å²) in [4.78, 5) is 0. The van der Waals surface area contributed by atoms with Gasteiger partial charge in [0.05, 0.1) is 0 Å². The van der Waals surface area contributed by atoms with Gasteiger partial charge in [0.1, 0.15) is 0 Å². The molecule has 0 aliphatic carbocycles. The Morgan fingerprint density at radius 2 is 1.24 bits per heavy atom. The maximum Gasteiger partial charge on any atom is 0.529 e. The average molecular weight is 277 g/mol. The van der Waals surface area contributed by atoms with Crippen molar-refractivity contribution in [3.63, 3.8) is 0 Å². The van der Waals surface area contributed by atoms with Crippen LogP contribution in [-0.2, 0) is 13.3 Å². The van der Waals surface area contributed by atoms with E-state index in [4.69, 9.17) is 13.3 Å². The molecule has 0 atom stereocenters. The minimum atomic E-state index is -2.55. The zero-order valence-corrected chi connectivity index (χ0v) is 14.2. The number of hydrogen-bond donors (Lipinski definition) is 0. The minimum absolute atomic E-state index is 0.628. The molecule has 0 saturated carbocycles. The van der Waals surface area contributed by atoms with Crippen LogP contribution in [0.3, 0.4) is 0 Å². The summed E-state index contributed by atoms with van der Waals surface area (Å²) in [6, 6.07) is 1.13. The van der Waals surface area contributed by atoms with Crippen LogP contribution in [0.15, 0.2) is 11.8 Å². The molecule has 0 aromatic heterocycles. The third kappa shape index (κ3) is 7.88. The number of hydrogen-bond acceptors (Lipinski definition) is 3. The Bertz CT molecular complexity index is 207. The van der Waals surface area contributed by atoms with E-state index in [0.29, 0.717) is 19.8 Å². The molecule has 0 spiro atoms. The van der Waals surface area contributed by atoms with E-state index in [1.54, 1.807) is 0 Å². The summed E-state index contributed by atoms with van der Waals surface area (Å²) < 4.78 is 17.2. The van der Waals surface area contributed by atoms with Gasteiger partial charge in [-0.05, 0) is 32.5 Å². The van der Waals surface area contributed by atoms with Crippen LogP contribution in [0.4, 0.5) is 0 Å². The van der Waals surface area contributed by atoms with Crippen molar-refractivity contribution in [2.75, 3.05) is 19.8 Å². The van der Waals surface area contributed by atoms with Gasteiger partial charge in [0.25, 0.3) is 0 Å². The fraction of sp³-hybridized carbons (Fsp3) is 0.833. The molecule has 5 heteroatoms. The molecular formula is C12H28O3Si2. The predicted octanol–water partition coefficient (Wildman–Crippen LogP) is 3.47. The van der Waals surface area contributed by atoms with Gasteiger partial charge in [-0.25, -0.2) is 0 Å². The molecule has 0 aliphatic heterocycles. The molecule has 0 fully saturated rings. The molecule has 0 saturated heterocycles. The third-order valence-electron chi connectivity index (χ3n) is 2.09. The summed E-state index contributed by atoms with van der Waals surface area (Å²) in [7, 11) is -3.61. The summed E-state index contributed by atoms with van der Waals surface area (Å²) >= 11 is 0. The van der Waals surface area contributed by atoms with Crippen molar-refractivity contribution in [3.8, 4) is 0 Å². The zero-order valence-electron chi connectivity index (χ0n) is 12.2. The second-order valence-corrected chi connectivity index (χ2v) is 13.0. The van der Waals surface area contributed by atoms with Crippen LogP contribution in [0.1, 0.15) is 20.8 Å². The second-order valence-electron chi connectivity index (χ2n) is 5.07. The van der Waals surface area contributed by atoms with Crippen LogP contribution in [0.25, 0.3) is 0 Å². The van der Waals surface area contributed by atoms with Crippen LogP contribution in [0, 0.1) is 0 Å². The van der Waals surface area contributed by atoms with Crippen molar-refractivity contribution < 1.29 is 13.3 Å². The smallest absolute Gasteiger partial charge is 0.371 e. The number of rotatable bonds is 9.